The SMILES string of the molecule is CCC(C)(CC)c1cccc(O)c1O. The number of phenolic OH excluding ortho intramolecular Hbond substituents is 2. The van der Waals surface area contributed by atoms with Gasteiger partial charge in [-0.1, -0.05) is 32.9 Å². The Bertz CT molecular complexity index is 314. The fourth-order valence-electron chi connectivity index (χ4n) is 1.65. The van der Waals surface area contributed by atoms with Crippen molar-refractivity contribution in [2.75, 3.05) is 0 Å². The van der Waals surface area contributed by atoms with Crippen LogP contribution >= 0.6 is 0 Å². The standard InChI is InChI=1S/C12H18O2/c1-4-12(3,5-2)9-7-6-8-10(13)11(9)14/h6-8,13-14H,4-5H2,1-3H3. The topological polar surface area (TPSA) is 40.5 Å². The molecule has 2 N–H and O–H groups in total. The highest BCUT2D eigenvalue weighted by Gasteiger charge is 2.26. The monoisotopic (exact) mass is 194 g/mol. The Balaban J connectivity index is 3.24. The highest BCUT2D eigenvalue weighted by molar-refractivity contribution is 5.47. The van der Waals surface area contributed by atoms with Gasteiger partial charge in [0.25, 0.3) is 0 Å². The van der Waals surface area contributed by atoms with Crippen molar-refractivity contribution in [2.24, 2.45) is 0 Å². The lowest BCUT2D eigenvalue weighted by Gasteiger charge is -2.28. The molecule has 0 aromatic heterocycles. The third-order valence-corrected chi connectivity index (χ3v) is 3.23. The maximum absolute atomic E-state index is 9.75. The predicted octanol–water partition coefficient (Wildman–Crippen LogP) is 3.18. The maximum Gasteiger partial charge on any atom is 0.161 e. The zero-order valence-corrected chi connectivity index (χ0v) is 9.04. The van der Waals surface area contributed by atoms with Crippen LogP contribution in [0, 0.1) is 0 Å². The van der Waals surface area contributed by atoms with Crippen LogP contribution in [0.1, 0.15) is 39.2 Å². The number of rotatable bonds is 3. The molecule has 0 bridgehead atoms. The first-order valence-corrected chi connectivity index (χ1v) is 5.06. The van der Waals surface area contributed by atoms with Gasteiger partial charge in [0.05, 0.1) is 0 Å². The van der Waals surface area contributed by atoms with Crippen molar-refractivity contribution < 1.29 is 10.2 Å². The highest BCUT2D eigenvalue weighted by Crippen LogP contribution is 2.40. The van der Waals surface area contributed by atoms with Crippen LogP contribution in [-0.4, -0.2) is 10.2 Å². The smallest absolute Gasteiger partial charge is 0.161 e. The Labute approximate surface area is 85.2 Å². The lowest BCUT2D eigenvalue weighted by Crippen LogP contribution is -2.19. The fourth-order valence-corrected chi connectivity index (χ4v) is 1.65. The maximum atomic E-state index is 9.75. The third kappa shape index (κ3) is 1.69. The summed E-state index contributed by atoms with van der Waals surface area (Å²) in [7, 11) is 0. The summed E-state index contributed by atoms with van der Waals surface area (Å²) in [6.07, 6.45) is 1.89. The molecule has 2 heteroatoms. The highest BCUT2D eigenvalue weighted by atomic mass is 16.3. The van der Waals surface area contributed by atoms with E-state index in [1.54, 1.807) is 6.07 Å². The molecule has 1 rings (SSSR count). The van der Waals surface area contributed by atoms with E-state index in [-0.39, 0.29) is 16.9 Å². The molecule has 0 radical (unpaired) electrons. The average Bonchev–Trinajstić information content (AvgIpc) is 2.21. The minimum absolute atomic E-state index is 0.0266. The average molecular weight is 194 g/mol. The molecule has 0 saturated heterocycles. The van der Waals surface area contributed by atoms with Gasteiger partial charge in [-0.3, -0.25) is 0 Å². The molecule has 0 fully saturated rings. The molecule has 0 spiro atoms. The van der Waals surface area contributed by atoms with Gasteiger partial charge >= 0.3 is 0 Å². The van der Waals surface area contributed by atoms with Crippen LogP contribution < -0.4 is 0 Å². The Kier molecular flexibility index (Phi) is 3.04. The van der Waals surface area contributed by atoms with Crippen molar-refractivity contribution in [1.82, 2.24) is 0 Å². The number of hydrogen-bond acceptors (Lipinski definition) is 2. The Morgan fingerprint density at radius 1 is 1.14 bits per heavy atom. The summed E-state index contributed by atoms with van der Waals surface area (Å²) in [6.45, 7) is 6.28. The Morgan fingerprint density at radius 2 is 1.71 bits per heavy atom. The number of benzene rings is 1. The minimum Gasteiger partial charge on any atom is -0.504 e. The van der Waals surface area contributed by atoms with Gasteiger partial charge < -0.3 is 10.2 Å². The number of aromatic hydroxyl groups is 2. The molecule has 2 nitrogen and oxygen atoms in total. The van der Waals surface area contributed by atoms with E-state index in [2.05, 4.69) is 20.8 Å². The summed E-state index contributed by atoms with van der Waals surface area (Å²) < 4.78 is 0. The van der Waals surface area contributed by atoms with Crippen molar-refractivity contribution in [3.05, 3.63) is 23.8 Å². The summed E-state index contributed by atoms with van der Waals surface area (Å²) in [5, 5.41) is 19.1. The molecular formula is C12H18O2. The Morgan fingerprint density at radius 3 is 2.21 bits per heavy atom. The second-order valence-corrected chi connectivity index (χ2v) is 3.94. The molecule has 0 heterocycles. The summed E-state index contributed by atoms with van der Waals surface area (Å²) in [5.41, 5.74) is 0.783. The van der Waals surface area contributed by atoms with E-state index in [0.29, 0.717) is 0 Å². The summed E-state index contributed by atoms with van der Waals surface area (Å²) >= 11 is 0. The van der Waals surface area contributed by atoms with Crippen LogP contribution in [0.15, 0.2) is 18.2 Å². The summed E-state index contributed by atoms with van der Waals surface area (Å²) in [4.78, 5) is 0. The van der Waals surface area contributed by atoms with Crippen LogP contribution in [0.3, 0.4) is 0 Å². The number of phenols is 2. The molecular weight excluding hydrogens is 176 g/mol. The van der Waals surface area contributed by atoms with Gasteiger partial charge in [0, 0.05) is 5.56 Å². The largest absolute Gasteiger partial charge is 0.504 e. The Hall–Kier alpha value is -1.18. The second-order valence-electron chi connectivity index (χ2n) is 3.94. The van der Waals surface area contributed by atoms with Gasteiger partial charge in [-0.05, 0) is 24.3 Å². The number of para-hydroxylation sites is 1. The quantitative estimate of drug-likeness (QED) is 0.725. The van der Waals surface area contributed by atoms with E-state index in [9.17, 15) is 10.2 Å². The van der Waals surface area contributed by atoms with Crippen molar-refractivity contribution in [3.8, 4) is 11.5 Å². The van der Waals surface area contributed by atoms with E-state index < -0.39 is 0 Å². The molecule has 0 aliphatic heterocycles. The van der Waals surface area contributed by atoms with E-state index in [4.69, 9.17) is 0 Å². The summed E-state index contributed by atoms with van der Waals surface area (Å²) in [6, 6.07) is 5.15. The van der Waals surface area contributed by atoms with Crippen LogP contribution in [0.4, 0.5) is 0 Å². The molecule has 0 unspecified atom stereocenters. The van der Waals surface area contributed by atoms with Gasteiger partial charge in [-0.2, -0.15) is 0 Å². The van der Waals surface area contributed by atoms with Gasteiger partial charge in [-0.15, -0.1) is 0 Å². The lowest BCUT2D eigenvalue weighted by atomic mass is 9.77. The van der Waals surface area contributed by atoms with Gasteiger partial charge in [0.15, 0.2) is 11.5 Å². The van der Waals surface area contributed by atoms with Crippen molar-refractivity contribution in [3.63, 3.8) is 0 Å². The first kappa shape index (κ1) is 10.9. The zero-order valence-electron chi connectivity index (χ0n) is 9.04. The normalized spacial score (nSPS) is 11.6. The van der Waals surface area contributed by atoms with E-state index >= 15 is 0 Å². The van der Waals surface area contributed by atoms with Crippen molar-refractivity contribution >= 4 is 0 Å². The first-order valence-electron chi connectivity index (χ1n) is 5.06. The summed E-state index contributed by atoms with van der Waals surface area (Å²) in [5.74, 6) is -0.00525. The van der Waals surface area contributed by atoms with Gasteiger partial charge in [0.2, 0.25) is 0 Å². The van der Waals surface area contributed by atoms with Crippen LogP contribution in [-0.2, 0) is 5.41 Å². The van der Waals surface area contributed by atoms with Gasteiger partial charge in [0.1, 0.15) is 0 Å². The molecule has 1 aromatic carbocycles. The van der Waals surface area contributed by atoms with Crippen molar-refractivity contribution in [2.45, 2.75) is 39.0 Å². The molecule has 0 amide bonds. The lowest BCUT2D eigenvalue weighted by molar-refractivity contribution is 0.368. The first-order chi connectivity index (χ1) is 6.55. The van der Waals surface area contributed by atoms with E-state index in [0.717, 1.165) is 18.4 Å². The molecule has 0 saturated carbocycles. The van der Waals surface area contributed by atoms with Crippen LogP contribution in [0.5, 0.6) is 11.5 Å². The van der Waals surface area contributed by atoms with Crippen LogP contribution in [0.25, 0.3) is 0 Å². The molecule has 78 valence electrons. The molecule has 14 heavy (non-hydrogen) atoms. The molecule has 0 aliphatic carbocycles. The fraction of sp³-hybridized carbons (Fsp3) is 0.500. The van der Waals surface area contributed by atoms with Crippen molar-refractivity contribution in [1.29, 1.82) is 0 Å². The molecule has 0 aliphatic rings. The third-order valence-electron chi connectivity index (χ3n) is 3.23. The van der Waals surface area contributed by atoms with Crippen LogP contribution in [0.2, 0.25) is 0 Å². The number of hydrogen-bond donors (Lipinski definition) is 2. The molecule has 1 aromatic rings. The predicted molar refractivity (Wildman–Crippen MR) is 57.7 cm³/mol. The van der Waals surface area contributed by atoms with E-state index in [1.807, 2.05) is 6.07 Å². The van der Waals surface area contributed by atoms with Gasteiger partial charge in [-0.25, -0.2) is 0 Å². The molecule has 0 atom stereocenters. The van der Waals surface area contributed by atoms with E-state index in [1.165, 1.54) is 6.07 Å². The minimum atomic E-state index is -0.0528. The zero-order chi connectivity index (χ0) is 10.8. The second kappa shape index (κ2) is 3.91.